The van der Waals surface area contributed by atoms with Crippen molar-refractivity contribution in [2.45, 2.75) is 54.3 Å². The van der Waals surface area contributed by atoms with Crippen molar-refractivity contribution in [2.24, 2.45) is 11.8 Å². The van der Waals surface area contributed by atoms with E-state index in [0.29, 0.717) is 25.0 Å². The average molecular weight is 617 g/mol. The SMILES string of the molecule is COC(=O)CCNC(=O)CC1(O)C2CC[C@@H]1CC(S(=O)(=O)c1cc(C(=O)Nc3cc(F)c(F)c(F)c3)ccc1Cl)C2. The van der Waals surface area contributed by atoms with Gasteiger partial charge in [-0.2, -0.15) is 0 Å². The summed E-state index contributed by atoms with van der Waals surface area (Å²) in [5, 5.41) is 15.1. The van der Waals surface area contributed by atoms with Crippen molar-refractivity contribution in [2.75, 3.05) is 19.0 Å². The highest BCUT2D eigenvalue weighted by atomic mass is 35.5. The summed E-state index contributed by atoms with van der Waals surface area (Å²) in [4.78, 5) is 36.2. The normalized spacial score (nSPS) is 23.6. The average Bonchev–Trinajstić information content (AvgIpc) is 3.07. The van der Waals surface area contributed by atoms with Gasteiger partial charge in [-0.05, 0) is 55.7 Å². The Balaban J connectivity index is 1.48. The molecular formula is C27H28ClF3N2O7S. The van der Waals surface area contributed by atoms with Gasteiger partial charge in [0.25, 0.3) is 5.91 Å². The molecule has 9 nitrogen and oxygen atoms in total. The van der Waals surface area contributed by atoms with Gasteiger partial charge in [0, 0.05) is 29.9 Å². The summed E-state index contributed by atoms with van der Waals surface area (Å²) in [6, 6.07) is 4.67. The van der Waals surface area contributed by atoms with E-state index < -0.39 is 67.8 Å². The van der Waals surface area contributed by atoms with Gasteiger partial charge in [-0.15, -0.1) is 0 Å². The highest BCUT2D eigenvalue weighted by molar-refractivity contribution is 7.92. The van der Waals surface area contributed by atoms with Crippen LogP contribution in [0.2, 0.25) is 5.02 Å². The molecule has 2 amide bonds. The third-order valence-corrected chi connectivity index (χ3v) is 10.5. The first kappa shape index (κ1) is 30.8. The number of esters is 1. The lowest BCUT2D eigenvalue weighted by Gasteiger charge is -2.42. The van der Waals surface area contributed by atoms with Gasteiger partial charge in [-0.3, -0.25) is 14.4 Å². The fourth-order valence-corrected chi connectivity index (χ4v) is 8.15. The van der Waals surface area contributed by atoms with Gasteiger partial charge < -0.3 is 20.5 Å². The molecule has 14 heteroatoms. The molecule has 2 aromatic carbocycles. The molecular weight excluding hydrogens is 589 g/mol. The highest BCUT2D eigenvalue weighted by Gasteiger charge is 2.56. The Morgan fingerprint density at radius 3 is 2.27 bits per heavy atom. The Kier molecular flexibility index (Phi) is 9.00. The fourth-order valence-electron chi connectivity index (χ4n) is 5.75. The van der Waals surface area contributed by atoms with Crippen LogP contribution < -0.4 is 10.6 Å². The summed E-state index contributed by atoms with van der Waals surface area (Å²) >= 11 is 6.23. The van der Waals surface area contributed by atoms with Crippen LogP contribution in [0.25, 0.3) is 0 Å². The largest absolute Gasteiger partial charge is 0.469 e. The number of ether oxygens (including phenoxy) is 1. The lowest BCUT2D eigenvalue weighted by atomic mass is 9.72. The molecule has 0 spiro atoms. The summed E-state index contributed by atoms with van der Waals surface area (Å²) in [7, 11) is -2.89. The molecule has 0 aliphatic heterocycles. The van der Waals surface area contributed by atoms with Crippen LogP contribution in [0.5, 0.6) is 0 Å². The van der Waals surface area contributed by atoms with E-state index in [1.807, 2.05) is 0 Å². The molecule has 2 aliphatic rings. The number of carbonyl (C=O) groups excluding carboxylic acids is 3. The molecule has 41 heavy (non-hydrogen) atoms. The zero-order chi connectivity index (χ0) is 30.1. The number of aliphatic hydroxyl groups is 1. The maximum absolute atomic E-state index is 13.7. The lowest BCUT2D eigenvalue weighted by Crippen LogP contribution is -2.50. The molecule has 3 N–H and O–H groups in total. The monoisotopic (exact) mass is 616 g/mol. The summed E-state index contributed by atoms with van der Waals surface area (Å²) in [6.07, 6.45) is 0.894. The molecule has 3 unspecified atom stereocenters. The number of nitrogens with one attached hydrogen (secondary N) is 2. The molecule has 2 aliphatic carbocycles. The zero-order valence-corrected chi connectivity index (χ0v) is 23.5. The van der Waals surface area contributed by atoms with E-state index in [1.54, 1.807) is 0 Å². The quantitative estimate of drug-likeness (QED) is 0.288. The smallest absolute Gasteiger partial charge is 0.307 e. The fraction of sp³-hybridized carbons (Fsp3) is 0.444. The van der Waals surface area contributed by atoms with Gasteiger partial charge in [0.2, 0.25) is 5.91 Å². The first-order chi connectivity index (χ1) is 19.3. The Morgan fingerprint density at radius 1 is 1.07 bits per heavy atom. The molecule has 2 aromatic rings. The maximum atomic E-state index is 13.7. The summed E-state index contributed by atoms with van der Waals surface area (Å²) in [6.45, 7) is 0.0430. The van der Waals surface area contributed by atoms with Crippen molar-refractivity contribution in [3.05, 3.63) is 58.4 Å². The number of methoxy groups -OCH3 is 1. The molecule has 4 rings (SSSR count). The number of halogens is 4. The molecule has 0 radical (unpaired) electrons. The van der Waals surface area contributed by atoms with Crippen molar-refractivity contribution in [1.82, 2.24) is 5.32 Å². The summed E-state index contributed by atoms with van der Waals surface area (Å²) in [5.74, 6) is -7.54. The lowest BCUT2D eigenvalue weighted by molar-refractivity contribution is -0.140. The zero-order valence-electron chi connectivity index (χ0n) is 21.9. The second kappa shape index (κ2) is 12.0. The van der Waals surface area contributed by atoms with Crippen LogP contribution in [-0.4, -0.2) is 55.8 Å². The first-order valence-electron chi connectivity index (χ1n) is 12.8. The van der Waals surface area contributed by atoms with Crippen molar-refractivity contribution >= 4 is 44.9 Å². The molecule has 0 aromatic heterocycles. The van der Waals surface area contributed by atoms with Crippen LogP contribution in [0.3, 0.4) is 0 Å². The van der Waals surface area contributed by atoms with Crippen LogP contribution in [0.4, 0.5) is 18.9 Å². The van der Waals surface area contributed by atoms with Gasteiger partial charge in [0.1, 0.15) is 0 Å². The van der Waals surface area contributed by atoms with Crippen LogP contribution in [0.1, 0.15) is 48.9 Å². The minimum atomic E-state index is -4.12. The van der Waals surface area contributed by atoms with Crippen LogP contribution >= 0.6 is 11.6 Å². The Labute approximate surface area is 239 Å². The maximum Gasteiger partial charge on any atom is 0.307 e. The first-order valence-corrected chi connectivity index (χ1v) is 14.7. The Hall–Kier alpha value is -3.16. The number of sulfone groups is 1. The van der Waals surface area contributed by atoms with Crippen LogP contribution in [0.15, 0.2) is 35.2 Å². The number of rotatable bonds is 9. The van der Waals surface area contributed by atoms with E-state index >= 15 is 0 Å². The van der Waals surface area contributed by atoms with Crippen molar-refractivity contribution in [3.63, 3.8) is 0 Å². The second-order valence-electron chi connectivity index (χ2n) is 10.3. The number of anilines is 1. The van der Waals surface area contributed by atoms with E-state index in [2.05, 4.69) is 15.4 Å². The van der Waals surface area contributed by atoms with Gasteiger partial charge in [0.05, 0.1) is 40.7 Å². The van der Waals surface area contributed by atoms with Crippen LogP contribution in [0, 0.1) is 29.3 Å². The summed E-state index contributed by atoms with van der Waals surface area (Å²) in [5.41, 5.74) is -1.95. The van der Waals surface area contributed by atoms with Gasteiger partial charge >= 0.3 is 5.97 Å². The minimum absolute atomic E-state index is 0.0244. The molecule has 0 heterocycles. The van der Waals surface area contributed by atoms with E-state index in [4.69, 9.17) is 11.6 Å². The number of fused-ring (bicyclic) bond motifs is 2. The van der Waals surface area contributed by atoms with Crippen molar-refractivity contribution in [1.29, 1.82) is 0 Å². The molecule has 2 fully saturated rings. The number of hydrogen-bond donors (Lipinski definition) is 3. The van der Waals surface area contributed by atoms with Gasteiger partial charge in [-0.1, -0.05) is 11.6 Å². The van der Waals surface area contributed by atoms with Crippen LogP contribution in [-0.2, 0) is 24.2 Å². The third-order valence-electron chi connectivity index (χ3n) is 7.88. The third kappa shape index (κ3) is 6.36. The predicted molar refractivity (Wildman–Crippen MR) is 141 cm³/mol. The van der Waals surface area contributed by atoms with Gasteiger partial charge in [-0.25, -0.2) is 21.6 Å². The topological polar surface area (TPSA) is 139 Å². The molecule has 222 valence electrons. The predicted octanol–water partition coefficient (Wildman–Crippen LogP) is 3.77. The number of hydrogen-bond acceptors (Lipinski definition) is 7. The number of carbonyl (C=O) groups is 3. The standard InChI is InChI=1S/C27H28ClF3N2O7S/c1-40-24(35)6-7-32-23(34)13-27(37)15-3-4-16(27)10-18(9-15)41(38,39)22-8-14(2-5-19(22)28)26(36)33-17-11-20(29)25(31)21(30)12-17/h2,5,8,11-12,15-16,18,37H,3-4,6-7,9-10,13H2,1H3,(H,32,34)(H,33,36)/t15-,16?,18?,27?/m1/s1. The minimum Gasteiger partial charge on any atom is -0.469 e. The summed E-state index contributed by atoms with van der Waals surface area (Å²) < 4.78 is 72.2. The Bertz CT molecular complexity index is 1450. The Morgan fingerprint density at radius 2 is 1.68 bits per heavy atom. The molecule has 2 saturated carbocycles. The van der Waals surface area contributed by atoms with Crippen molar-refractivity contribution in [3.8, 4) is 0 Å². The number of benzene rings is 2. The number of amides is 2. The molecule has 2 bridgehead atoms. The van der Waals surface area contributed by atoms with E-state index in [-0.39, 0.29) is 53.4 Å². The van der Waals surface area contributed by atoms with E-state index in [0.717, 1.165) is 6.07 Å². The molecule has 0 saturated heterocycles. The highest BCUT2D eigenvalue weighted by Crippen LogP contribution is 2.53. The van der Waals surface area contributed by atoms with E-state index in [1.165, 1.54) is 19.2 Å². The second-order valence-corrected chi connectivity index (χ2v) is 12.9. The van der Waals surface area contributed by atoms with Crippen molar-refractivity contribution < 1.29 is 45.8 Å². The van der Waals surface area contributed by atoms with Gasteiger partial charge in [0.15, 0.2) is 27.3 Å². The molecule has 4 atom stereocenters. The van der Waals surface area contributed by atoms with E-state index in [9.17, 15) is 41.1 Å².